The van der Waals surface area contributed by atoms with E-state index in [0.717, 1.165) is 110 Å². The van der Waals surface area contributed by atoms with Gasteiger partial charge in [-0.15, -0.1) is 0 Å². The van der Waals surface area contributed by atoms with Gasteiger partial charge in [0, 0.05) is 84.7 Å². The van der Waals surface area contributed by atoms with Gasteiger partial charge in [-0.05, 0) is 181 Å². The third-order valence-electron chi connectivity index (χ3n) is 22.9. The van der Waals surface area contributed by atoms with Gasteiger partial charge in [-0.1, -0.05) is 495 Å². The van der Waals surface area contributed by atoms with E-state index in [4.69, 9.17) is 48.7 Å². The van der Waals surface area contributed by atoms with Crippen LogP contribution in [0.3, 0.4) is 0 Å². The molecule has 0 aliphatic carbocycles. The number of ketones is 2. The first-order valence-corrected chi connectivity index (χ1v) is 55.2. The standard InChI is InChI=1S/C26H28O4.4C18H15P.C13H11BO3.C13H19BrO3.C4H8O2.Pd/c1-29-25-15-14-23(18-24(25)19-30-17-7-3-6-16-27)20-10-12-22(13-11-20)26(28)21-8-4-2-5-9-21;4*1-4-10-16(11-5-1)19(17-12-6-2-7-13-17)18-14-8-3-9-15-18;15-13(10-4-2-1-3-5-10)11-6-8-12(9-7-11)14(16)17;1-16-13-6-5-12(14)9-11(13)10-17-8-4-2-3-7-15;1-2-6-4-3-5-1;/h2,4-5,8-15,18,27H,3,6-7,16-17,19H2,1H3;4*1-15H;1-9,16-17H;5-6,9,15H,2-4,7-8,10H2,1H3;1-4H2;. The number of hydrogen-bond acceptors (Lipinski definition) is 12. The largest absolute Gasteiger partial charge is 0.496 e. The summed E-state index contributed by atoms with van der Waals surface area (Å²) in [5.74, 6) is 1.59. The predicted octanol–water partition coefficient (Wildman–Crippen LogP) is 22.8. The number of hydrogen-bond donors (Lipinski definition) is 4. The Morgan fingerprint density at radius 3 is 0.721 bits per heavy atom. The summed E-state index contributed by atoms with van der Waals surface area (Å²) < 4.78 is 33.0. The molecule has 0 radical (unpaired) electrons. The van der Waals surface area contributed by atoms with Crippen LogP contribution < -0.4 is 78.6 Å². The van der Waals surface area contributed by atoms with E-state index >= 15 is 0 Å². The van der Waals surface area contributed by atoms with Gasteiger partial charge in [0.05, 0.1) is 53.9 Å². The average Bonchev–Trinajstić information content (AvgIpc) is 0.836. The minimum atomic E-state index is -1.50. The van der Waals surface area contributed by atoms with E-state index in [1.54, 1.807) is 50.6 Å². The first-order chi connectivity index (χ1) is 72.0. The normalized spacial score (nSPS) is 11.0. The van der Waals surface area contributed by atoms with Crippen molar-refractivity contribution in [1.82, 2.24) is 0 Å². The Bertz CT molecular complexity index is 5740. The monoisotopic (exact) mass is 2170 g/mol. The molecule has 4 N–H and O–H groups in total. The molecule has 0 bridgehead atoms. The fourth-order valence-electron chi connectivity index (χ4n) is 15.6. The van der Waals surface area contributed by atoms with Crippen molar-refractivity contribution in [2.45, 2.75) is 51.7 Å². The topological polar surface area (TPSA) is 170 Å². The van der Waals surface area contributed by atoms with Crippen molar-refractivity contribution in [2.75, 3.05) is 67.1 Å². The molecule has 19 heteroatoms. The second-order valence-corrected chi connectivity index (χ2v) is 43.0. The van der Waals surface area contributed by atoms with E-state index in [9.17, 15) is 9.59 Å². The zero-order valence-electron chi connectivity index (χ0n) is 82.9. The van der Waals surface area contributed by atoms with Crippen molar-refractivity contribution in [2.24, 2.45) is 0 Å². The van der Waals surface area contributed by atoms with Gasteiger partial charge in [-0.25, -0.2) is 0 Å². The van der Waals surface area contributed by atoms with E-state index in [0.29, 0.717) is 47.5 Å². The zero-order chi connectivity index (χ0) is 102. The molecule has 18 aromatic rings. The quantitative estimate of drug-likeness (QED) is 0.0130. The van der Waals surface area contributed by atoms with Crippen molar-refractivity contribution < 1.29 is 78.7 Å². The Kier molecular flexibility index (Phi) is 52.6. The van der Waals surface area contributed by atoms with Crippen LogP contribution in [0.15, 0.2) is 514 Å². The Hall–Kier alpha value is -12.5. The first-order valence-electron chi connectivity index (χ1n) is 49.1. The number of methoxy groups -OCH3 is 2. The molecule has 750 valence electrons. The van der Waals surface area contributed by atoms with Crippen molar-refractivity contribution >= 4 is 135 Å². The second-order valence-electron chi connectivity index (χ2n) is 33.2. The minimum Gasteiger partial charge on any atom is -0.496 e. The molecule has 1 aliphatic rings. The number of carbonyl (C=O) groups excluding carboxylic acids is 2. The van der Waals surface area contributed by atoms with E-state index in [1.807, 2.05) is 91.0 Å². The van der Waals surface area contributed by atoms with Gasteiger partial charge >= 0.3 is 7.12 Å². The Balaban J connectivity index is 0.000000162. The van der Waals surface area contributed by atoms with Crippen LogP contribution in [-0.2, 0) is 52.6 Å². The Morgan fingerprint density at radius 2 is 0.490 bits per heavy atom. The minimum absolute atomic E-state index is 0. The van der Waals surface area contributed by atoms with Gasteiger partial charge in [-0.3, -0.25) is 9.59 Å². The number of carbonyl (C=O) groups is 2. The van der Waals surface area contributed by atoms with E-state index < -0.39 is 38.8 Å². The molecule has 0 unspecified atom stereocenters. The molecule has 1 heterocycles. The third-order valence-corrected chi connectivity index (χ3v) is 33.1. The summed E-state index contributed by atoms with van der Waals surface area (Å²) in [6, 6.07) is 173. The molecule has 0 atom stereocenters. The summed E-state index contributed by atoms with van der Waals surface area (Å²) >= 11 is 3.43. The Morgan fingerprint density at radius 1 is 0.272 bits per heavy atom. The summed E-state index contributed by atoms with van der Waals surface area (Å²) in [5, 5.41) is 52.1. The number of unbranched alkanes of at least 4 members (excludes halogenated alkanes) is 4. The Labute approximate surface area is 895 Å². The summed E-state index contributed by atoms with van der Waals surface area (Å²) in [5.41, 5.74) is 6.99. The van der Waals surface area contributed by atoms with Crippen LogP contribution in [0.1, 0.15) is 81.5 Å². The summed E-state index contributed by atoms with van der Waals surface area (Å²) in [7, 11) is 0.0294. The summed E-state index contributed by atoms with van der Waals surface area (Å²) in [4.78, 5) is 24.6. The van der Waals surface area contributed by atoms with Crippen molar-refractivity contribution in [3.8, 4) is 22.6 Å². The molecule has 0 spiro atoms. The number of rotatable bonds is 34. The average molecular weight is 2180 g/mol. The van der Waals surface area contributed by atoms with Gasteiger partial charge < -0.3 is 48.7 Å². The molecule has 1 saturated heterocycles. The SMILES string of the molecule is C1COCCO1.COc1ccc(-c2ccc(C(=O)c3ccccc3)cc2)cc1COCCCCCO.COc1ccc(Br)cc1COCCCCCO.O=C(c1ccccc1)c1ccc(B(O)O)cc1.[Pd].c1ccc(P(c2ccccc2)c2ccccc2)cc1.c1ccc(P(c2ccccc2)c2ccccc2)cc1.c1ccc(P(c2ccccc2)c2ccccc2)cc1.c1ccc(P(c2ccccc2)c2ccccc2)cc1. The van der Waals surface area contributed by atoms with Crippen LogP contribution >= 0.6 is 47.6 Å². The fourth-order valence-corrected chi connectivity index (χ4v) is 25.2. The van der Waals surface area contributed by atoms with Gasteiger partial charge in [0.1, 0.15) is 11.5 Å². The number of benzene rings is 18. The van der Waals surface area contributed by atoms with Crippen molar-refractivity contribution in [3.63, 3.8) is 0 Å². The maximum absolute atomic E-state index is 12.6. The molecule has 0 amide bonds. The van der Waals surface area contributed by atoms with Gasteiger partial charge in [0.25, 0.3) is 0 Å². The second kappa shape index (κ2) is 67.4. The smallest absolute Gasteiger partial charge is 0.488 e. The van der Waals surface area contributed by atoms with Crippen LogP contribution in [0, 0.1) is 0 Å². The third kappa shape index (κ3) is 38.9. The van der Waals surface area contributed by atoms with Crippen molar-refractivity contribution in [3.05, 3.63) is 547 Å². The number of aliphatic hydroxyl groups is 2. The van der Waals surface area contributed by atoms with E-state index in [2.05, 4.69) is 386 Å². The fraction of sp³-hybridized carbons (Fsp3) is 0.141. The van der Waals surface area contributed by atoms with Crippen LogP contribution in [0.2, 0.25) is 0 Å². The van der Waals surface area contributed by atoms with Gasteiger partial charge in [-0.2, -0.15) is 0 Å². The molecule has 0 aromatic heterocycles. The molecule has 19 rings (SSSR count). The zero-order valence-corrected chi connectivity index (χ0v) is 89.6. The summed E-state index contributed by atoms with van der Waals surface area (Å²) in [6.45, 7) is 6.01. The predicted molar refractivity (Wildman–Crippen MR) is 619 cm³/mol. The molecular weight excluding hydrogens is 2050 g/mol. The molecule has 147 heavy (non-hydrogen) atoms. The molecule has 1 fully saturated rings. The van der Waals surface area contributed by atoms with Crippen LogP contribution in [0.25, 0.3) is 11.1 Å². The maximum atomic E-state index is 12.6. The number of aliphatic hydroxyl groups excluding tert-OH is 2. The van der Waals surface area contributed by atoms with Crippen LogP contribution in [0.4, 0.5) is 0 Å². The van der Waals surface area contributed by atoms with Crippen LogP contribution in [-0.4, -0.2) is 106 Å². The van der Waals surface area contributed by atoms with Crippen molar-refractivity contribution in [1.29, 1.82) is 0 Å². The molecule has 1 aliphatic heterocycles. The number of halogens is 1. The maximum Gasteiger partial charge on any atom is 0.488 e. The molecule has 18 aromatic carbocycles. The molecular formula is C128H126BBrO12P4Pd. The molecule has 0 saturated carbocycles. The van der Waals surface area contributed by atoms with Gasteiger partial charge in [0.15, 0.2) is 11.6 Å². The summed E-state index contributed by atoms with van der Waals surface area (Å²) in [6.07, 6.45) is 5.54. The van der Waals surface area contributed by atoms with Crippen LogP contribution in [0.5, 0.6) is 11.5 Å². The van der Waals surface area contributed by atoms with E-state index in [1.165, 1.54) is 75.8 Å². The number of ether oxygens (including phenoxy) is 6. The molecule has 12 nitrogen and oxygen atoms in total. The first kappa shape index (κ1) is 115. The van der Waals surface area contributed by atoms with E-state index in [-0.39, 0.29) is 45.2 Å². The van der Waals surface area contributed by atoms with Gasteiger partial charge in [0.2, 0.25) is 0 Å².